The Morgan fingerprint density at radius 3 is 2.44 bits per heavy atom. The Bertz CT molecular complexity index is 1010. The van der Waals surface area contributed by atoms with Crippen LogP contribution in [0.25, 0.3) is 22.6 Å². The molecular weight excluding hydrogens is 338 g/mol. The van der Waals surface area contributed by atoms with Crippen LogP contribution in [-0.2, 0) is 13.5 Å². The van der Waals surface area contributed by atoms with Gasteiger partial charge in [-0.25, -0.2) is 4.98 Å². The average Bonchev–Trinajstić information content (AvgIpc) is 3.04. The second kappa shape index (κ2) is 6.25. The maximum absolute atomic E-state index is 12.6. The number of carbonyl (C=O) groups excluding carboxylic acids is 1. The number of benzene rings is 1. The summed E-state index contributed by atoms with van der Waals surface area (Å²) in [6, 6.07) is 5.51. The Hall–Kier alpha value is -2.56. The Kier molecular flexibility index (Phi) is 4.45. The number of Topliss-reactive ketones (excluding diaryl/α,β-unsaturated/α-hetero) is 1. The molecule has 2 aromatic heterocycles. The van der Waals surface area contributed by atoms with Gasteiger partial charge in [-0.05, 0) is 30.0 Å². The van der Waals surface area contributed by atoms with Crippen molar-refractivity contribution in [3.8, 4) is 17.3 Å². The summed E-state index contributed by atoms with van der Waals surface area (Å²) >= 11 is 0. The number of nitrogens with zero attached hydrogens (tertiary/aromatic N) is 2. The molecule has 0 bridgehead atoms. The summed E-state index contributed by atoms with van der Waals surface area (Å²) in [5.74, 6) is 0.956. The van der Waals surface area contributed by atoms with E-state index in [-0.39, 0.29) is 16.9 Å². The molecule has 0 aliphatic rings. The first-order chi connectivity index (χ1) is 12.4. The van der Waals surface area contributed by atoms with E-state index in [0.717, 1.165) is 23.0 Å². The number of aromatic nitrogens is 3. The highest BCUT2D eigenvalue weighted by atomic mass is 16.3. The van der Waals surface area contributed by atoms with Gasteiger partial charge in [-0.3, -0.25) is 4.79 Å². The number of fused-ring (bicyclic) bond motifs is 1. The number of carbonyl (C=O) groups is 1. The Labute approximate surface area is 160 Å². The van der Waals surface area contributed by atoms with E-state index in [1.165, 1.54) is 0 Å². The highest BCUT2D eigenvalue weighted by molar-refractivity contribution is 6.02. The van der Waals surface area contributed by atoms with E-state index in [1.54, 1.807) is 0 Å². The molecule has 0 unspecified atom stereocenters. The van der Waals surface area contributed by atoms with Crippen molar-refractivity contribution >= 4 is 16.8 Å². The summed E-state index contributed by atoms with van der Waals surface area (Å²) in [5.41, 5.74) is 3.43. The van der Waals surface area contributed by atoms with Crippen molar-refractivity contribution < 1.29 is 9.90 Å². The number of nitrogens with one attached hydrogen (secondary N) is 1. The number of aromatic amines is 1. The van der Waals surface area contributed by atoms with Crippen molar-refractivity contribution in [3.63, 3.8) is 0 Å². The standard InChI is InChI=1S/C22H29N3O2/c1-21(2,3)11-14-12-25(7)17(18(14)26)20-23-15-9-8-13(10-16(15)24-20)19(27)22(4,5)6/h8-10,12,26H,11H2,1-7H3,(H,23,24). The Morgan fingerprint density at radius 2 is 1.85 bits per heavy atom. The van der Waals surface area contributed by atoms with E-state index in [9.17, 15) is 9.90 Å². The quantitative estimate of drug-likeness (QED) is 0.633. The van der Waals surface area contributed by atoms with Crippen molar-refractivity contribution in [1.29, 1.82) is 0 Å². The molecule has 0 aliphatic heterocycles. The maximum Gasteiger partial charge on any atom is 0.168 e. The van der Waals surface area contributed by atoms with Crippen molar-refractivity contribution in [2.24, 2.45) is 17.9 Å². The predicted molar refractivity (Wildman–Crippen MR) is 109 cm³/mol. The number of H-pyrrole nitrogens is 1. The highest BCUT2D eigenvalue weighted by Crippen LogP contribution is 2.36. The first kappa shape index (κ1) is 19.2. The lowest BCUT2D eigenvalue weighted by Gasteiger charge is -2.17. The van der Waals surface area contributed by atoms with E-state index in [1.807, 2.05) is 56.8 Å². The van der Waals surface area contributed by atoms with Gasteiger partial charge in [0.2, 0.25) is 0 Å². The molecule has 2 N–H and O–H groups in total. The first-order valence-corrected chi connectivity index (χ1v) is 9.29. The van der Waals surface area contributed by atoms with Crippen LogP contribution in [0.15, 0.2) is 24.4 Å². The number of rotatable bonds is 3. The third-order valence-corrected chi connectivity index (χ3v) is 4.60. The molecule has 144 valence electrons. The monoisotopic (exact) mass is 367 g/mol. The molecule has 0 radical (unpaired) electrons. The number of hydrogen-bond donors (Lipinski definition) is 2. The second-order valence-corrected chi connectivity index (χ2v) is 9.60. The van der Waals surface area contributed by atoms with Crippen molar-refractivity contribution in [2.45, 2.75) is 48.0 Å². The lowest BCUT2D eigenvalue weighted by atomic mass is 9.86. The van der Waals surface area contributed by atoms with Gasteiger partial charge < -0.3 is 14.7 Å². The van der Waals surface area contributed by atoms with E-state index >= 15 is 0 Å². The molecule has 0 amide bonds. The average molecular weight is 367 g/mol. The number of ketones is 1. The fraction of sp³-hybridized carbons (Fsp3) is 0.455. The van der Waals surface area contributed by atoms with Crippen molar-refractivity contribution in [2.75, 3.05) is 0 Å². The summed E-state index contributed by atoms with van der Waals surface area (Å²) < 4.78 is 1.90. The minimum Gasteiger partial charge on any atom is -0.505 e. The van der Waals surface area contributed by atoms with Gasteiger partial charge in [-0.15, -0.1) is 0 Å². The van der Waals surface area contributed by atoms with Crippen LogP contribution >= 0.6 is 0 Å². The molecule has 1 aromatic carbocycles. The van der Waals surface area contributed by atoms with Gasteiger partial charge >= 0.3 is 0 Å². The minimum absolute atomic E-state index is 0.0756. The summed E-state index contributed by atoms with van der Waals surface area (Å²) in [6.07, 6.45) is 2.73. The molecule has 0 spiro atoms. The van der Waals surface area contributed by atoms with E-state index < -0.39 is 5.41 Å². The lowest BCUT2D eigenvalue weighted by Crippen LogP contribution is -2.19. The lowest BCUT2D eigenvalue weighted by molar-refractivity contribution is 0.0858. The van der Waals surface area contributed by atoms with Gasteiger partial charge in [-0.1, -0.05) is 41.5 Å². The summed E-state index contributed by atoms with van der Waals surface area (Å²) in [7, 11) is 1.91. The molecule has 27 heavy (non-hydrogen) atoms. The van der Waals surface area contributed by atoms with Gasteiger partial charge in [0.25, 0.3) is 0 Å². The number of aryl methyl sites for hydroxylation is 1. The van der Waals surface area contributed by atoms with Gasteiger partial charge in [0.05, 0.1) is 11.0 Å². The van der Waals surface area contributed by atoms with Gasteiger partial charge in [-0.2, -0.15) is 0 Å². The molecular formula is C22H29N3O2. The third kappa shape index (κ3) is 3.77. The van der Waals surface area contributed by atoms with Crippen LogP contribution in [0.4, 0.5) is 0 Å². The second-order valence-electron chi connectivity index (χ2n) is 9.60. The molecule has 3 aromatic rings. The third-order valence-electron chi connectivity index (χ3n) is 4.60. The molecule has 0 saturated carbocycles. The highest BCUT2D eigenvalue weighted by Gasteiger charge is 2.24. The zero-order chi connectivity index (χ0) is 20.1. The van der Waals surface area contributed by atoms with Crippen LogP contribution in [0.5, 0.6) is 5.75 Å². The van der Waals surface area contributed by atoms with Gasteiger partial charge in [0.1, 0.15) is 11.4 Å². The fourth-order valence-electron chi connectivity index (χ4n) is 3.35. The summed E-state index contributed by atoms with van der Waals surface area (Å²) in [5, 5.41) is 10.8. The Balaban J connectivity index is 2.05. The number of aromatic hydroxyl groups is 1. The van der Waals surface area contributed by atoms with E-state index in [4.69, 9.17) is 0 Å². The van der Waals surface area contributed by atoms with Crippen molar-refractivity contribution in [3.05, 3.63) is 35.5 Å². The zero-order valence-electron chi connectivity index (χ0n) is 17.3. The summed E-state index contributed by atoms with van der Waals surface area (Å²) in [6.45, 7) is 12.2. The first-order valence-electron chi connectivity index (χ1n) is 9.29. The summed E-state index contributed by atoms with van der Waals surface area (Å²) in [4.78, 5) is 20.5. The zero-order valence-corrected chi connectivity index (χ0v) is 17.3. The van der Waals surface area contributed by atoms with Crippen LogP contribution < -0.4 is 0 Å². The topological polar surface area (TPSA) is 70.9 Å². The van der Waals surface area contributed by atoms with Crippen LogP contribution in [0, 0.1) is 10.8 Å². The fourth-order valence-corrected chi connectivity index (χ4v) is 3.35. The SMILES string of the molecule is Cn1cc(CC(C)(C)C)c(O)c1-c1nc2ccc(C(=O)C(C)(C)C)cc2[nH]1. The smallest absolute Gasteiger partial charge is 0.168 e. The number of imidazole rings is 1. The minimum atomic E-state index is -0.436. The van der Waals surface area contributed by atoms with Crippen molar-refractivity contribution in [1.82, 2.24) is 14.5 Å². The molecule has 0 saturated heterocycles. The van der Waals surface area contributed by atoms with Crippen LogP contribution in [0.1, 0.15) is 57.5 Å². The van der Waals surface area contributed by atoms with E-state index in [2.05, 4.69) is 30.7 Å². The van der Waals surface area contributed by atoms with Gasteiger partial charge in [0, 0.05) is 29.8 Å². The predicted octanol–water partition coefficient (Wildman–Crippen LogP) is 5.09. The molecule has 2 heterocycles. The van der Waals surface area contributed by atoms with Gasteiger partial charge in [0.15, 0.2) is 11.6 Å². The molecule has 0 fully saturated rings. The number of hydrogen-bond acceptors (Lipinski definition) is 3. The van der Waals surface area contributed by atoms with Crippen LogP contribution in [0.2, 0.25) is 0 Å². The largest absolute Gasteiger partial charge is 0.505 e. The van der Waals surface area contributed by atoms with Crippen LogP contribution in [-0.4, -0.2) is 25.4 Å². The maximum atomic E-state index is 12.6. The normalized spacial score (nSPS) is 12.7. The van der Waals surface area contributed by atoms with Crippen LogP contribution in [0.3, 0.4) is 0 Å². The Morgan fingerprint density at radius 1 is 1.19 bits per heavy atom. The molecule has 0 aliphatic carbocycles. The molecule has 5 nitrogen and oxygen atoms in total. The van der Waals surface area contributed by atoms with E-state index in [0.29, 0.717) is 17.1 Å². The molecule has 0 atom stereocenters. The molecule has 3 rings (SSSR count). The molecule has 5 heteroatoms.